The van der Waals surface area contributed by atoms with Crippen LogP contribution in [0.1, 0.15) is 90.9 Å². The molecule has 20 heavy (non-hydrogen) atoms. The van der Waals surface area contributed by atoms with E-state index < -0.39 is 0 Å². The summed E-state index contributed by atoms with van der Waals surface area (Å²) in [6.45, 7) is 4.31. The van der Waals surface area contributed by atoms with Crippen molar-refractivity contribution in [3.8, 4) is 0 Å². The number of hydrogen-bond acceptors (Lipinski definition) is 2. The van der Waals surface area contributed by atoms with E-state index >= 15 is 0 Å². The fraction of sp³-hybridized carbons (Fsp3) is 1.00. The van der Waals surface area contributed by atoms with Gasteiger partial charge in [-0.1, -0.05) is 71.1 Å². The molecule has 126 valence electrons. The fourth-order valence-electron chi connectivity index (χ4n) is 2.49. The first kappa shape index (κ1) is 25.5. The third kappa shape index (κ3) is 20.8. The van der Waals surface area contributed by atoms with Crippen LogP contribution >= 0.6 is 24.8 Å². The number of halogens is 2. The average molecular weight is 329 g/mol. The van der Waals surface area contributed by atoms with Crippen molar-refractivity contribution >= 4 is 24.8 Å². The molecule has 0 bridgehead atoms. The van der Waals surface area contributed by atoms with Crippen molar-refractivity contribution in [1.29, 1.82) is 0 Å². The molecular weight excluding hydrogens is 291 g/mol. The lowest BCUT2D eigenvalue weighted by atomic mass is 10.0. The maximum absolute atomic E-state index is 6.00. The summed E-state index contributed by atoms with van der Waals surface area (Å²) in [6.07, 6.45) is 16.0. The Morgan fingerprint density at radius 2 is 1.10 bits per heavy atom. The smallest absolute Gasteiger partial charge is 0.00534 e. The van der Waals surface area contributed by atoms with E-state index in [1.54, 1.807) is 0 Å². The summed E-state index contributed by atoms with van der Waals surface area (Å²) in [6, 6.07) is 0.571. The Bertz CT molecular complexity index is 167. The van der Waals surface area contributed by atoms with Crippen molar-refractivity contribution in [2.45, 2.75) is 103 Å². The summed E-state index contributed by atoms with van der Waals surface area (Å²) < 4.78 is 0. The number of rotatable bonds is 13. The van der Waals surface area contributed by atoms with Gasteiger partial charge in [-0.25, -0.2) is 0 Å². The van der Waals surface area contributed by atoms with Crippen molar-refractivity contribution in [1.82, 2.24) is 0 Å². The third-order valence-corrected chi connectivity index (χ3v) is 3.60. The van der Waals surface area contributed by atoms with Gasteiger partial charge in [-0.2, -0.15) is 0 Å². The third-order valence-electron chi connectivity index (χ3n) is 3.60. The monoisotopic (exact) mass is 328 g/mol. The molecule has 0 fully saturated rings. The standard InChI is InChI=1S/C16H36N2.2ClH/c1-3-4-5-6-7-8-9-10-11-12-13-16(18)14-15(2)17;;/h15-16H,3-14,17-18H2,1-2H3;2*1H. The minimum Gasteiger partial charge on any atom is -0.328 e. The van der Waals surface area contributed by atoms with Gasteiger partial charge in [-0.3, -0.25) is 0 Å². The average Bonchev–Trinajstić information content (AvgIpc) is 2.30. The van der Waals surface area contributed by atoms with Crippen LogP contribution in [-0.4, -0.2) is 12.1 Å². The van der Waals surface area contributed by atoms with E-state index in [2.05, 4.69) is 6.92 Å². The van der Waals surface area contributed by atoms with Gasteiger partial charge in [0, 0.05) is 12.1 Å². The van der Waals surface area contributed by atoms with Gasteiger partial charge in [0.15, 0.2) is 0 Å². The second kappa shape index (κ2) is 19.5. The summed E-state index contributed by atoms with van der Waals surface area (Å²) >= 11 is 0. The zero-order valence-corrected chi connectivity index (χ0v) is 15.2. The van der Waals surface area contributed by atoms with Crippen LogP contribution < -0.4 is 11.5 Å². The fourth-order valence-corrected chi connectivity index (χ4v) is 2.49. The Kier molecular flexibility index (Phi) is 24.8. The SMILES string of the molecule is CCCCCCCCCCCCC(N)CC(C)N.Cl.Cl. The molecule has 0 saturated carbocycles. The molecule has 2 unspecified atom stereocenters. The Hall–Kier alpha value is 0.500. The first-order valence-electron chi connectivity index (χ1n) is 8.18. The van der Waals surface area contributed by atoms with Crippen molar-refractivity contribution in [2.75, 3.05) is 0 Å². The van der Waals surface area contributed by atoms with E-state index in [0.717, 1.165) is 12.8 Å². The molecule has 0 aromatic heterocycles. The van der Waals surface area contributed by atoms with Gasteiger partial charge in [0.25, 0.3) is 0 Å². The molecular formula is C16H38Cl2N2. The Morgan fingerprint density at radius 3 is 1.50 bits per heavy atom. The first-order valence-corrected chi connectivity index (χ1v) is 8.18. The van der Waals surface area contributed by atoms with Gasteiger partial charge in [0.2, 0.25) is 0 Å². The van der Waals surface area contributed by atoms with Gasteiger partial charge >= 0.3 is 0 Å². The Balaban J connectivity index is -0.00000144. The molecule has 0 rings (SSSR count). The van der Waals surface area contributed by atoms with Crippen LogP contribution in [0.3, 0.4) is 0 Å². The minimum atomic E-state index is 0. The summed E-state index contributed by atoms with van der Waals surface area (Å²) in [5.74, 6) is 0. The van der Waals surface area contributed by atoms with Crippen LogP contribution in [0.2, 0.25) is 0 Å². The second-order valence-corrected chi connectivity index (χ2v) is 5.94. The van der Waals surface area contributed by atoms with Gasteiger partial charge in [-0.15, -0.1) is 24.8 Å². The predicted octanol–water partition coefficient (Wildman–Crippen LogP) is 5.21. The number of nitrogens with two attached hydrogens (primary N) is 2. The molecule has 0 aliphatic heterocycles. The molecule has 0 aliphatic rings. The molecule has 0 aromatic rings. The van der Waals surface area contributed by atoms with Crippen LogP contribution in [0, 0.1) is 0 Å². The molecule has 4 heteroatoms. The molecule has 0 spiro atoms. The van der Waals surface area contributed by atoms with Crippen LogP contribution in [0.4, 0.5) is 0 Å². The van der Waals surface area contributed by atoms with E-state index in [1.807, 2.05) is 6.92 Å². The second-order valence-electron chi connectivity index (χ2n) is 5.94. The largest absolute Gasteiger partial charge is 0.328 e. The quantitative estimate of drug-likeness (QED) is 0.456. The molecule has 2 nitrogen and oxygen atoms in total. The van der Waals surface area contributed by atoms with Crippen molar-refractivity contribution < 1.29 is 0 Å². The molecule has 0 amide bonds. The van der Waals surface area contributed by atoms with Gasteiger partial charge in [0.05, 0.1) is 0 Å². The summed E-state index contributed by atoms with van der Waals surface area (Å²) in [5, 5.41) is 0. The van der Waals surface area contributed by atoms with E-state index in [0.29, 0.717) is 6.04 Å². The molecule has 0 radical (unpaired) electrons. The van der Waals surface area contributed by atoms with Gasteiger partial charge in [-0.05, 0) is 19.8 Å². The molecule has 4 N–H and O–H groups in total. The van der Waals surface area contributed by atoms with Crippen molar-refractivity contribution in [2.24, 2.45) is 11.5 Å². The molecule has 0 heterocycles. The summed E-state index contributed by atoms with van der Waals surface area (Å²) in [5.41, 5.74) is 11.7. The van der Waals surface area contributed by atoms with Crippen molar-refractivity contribution in [3.05, 3.63) is 0 Å². The summed E-state index contributed by atoms with van der Waals surface area (Å²) in [7, 11) is 0. The van der Waals surface area contributed by atoms with E-state index in [-0.39, 0.29) is 30.9 Å². The van der Waals surface area contributed by atoms with Crippen LogP contribution in [0.25, 0.3) is 0 Å². The first-order chi connectivity index (χ1) is 8.66. The molecule has 0 saturated heterocycles. The lowest BCUT2D eigenvalue weighted by Gasteiger charge is -2.13. The van der Waals surface area contributed by atoms with Crippen LogP contribution in [-0.2, 0) is 0 Å². The minimum absolute atomic E-state index is 0. The zero-order valence-electron chi connectivity index (χ0n) is 13.6. The van der Waals surface area contributed by atoms with E-state index in [9.17, 15) is 0 Å². The van der Waals surface area contributed by atoms with Gasteiger partial charge < -0.3 is 11.5 Å². The summed E-state index contributed by atoms with van der Waals surface area (Å²) in [4.78, 5) is 0. The van der Waals surface area contributed by atoms with E-state index in [4.69, 9.17) is 11.5 Å². The molecule has 2 atom stereocenters. The van der Waals surface area contributed by atoms with E-state index in [1.165, 1.54) is 64.2 Å². The highest BCUT2D eigenvalue weighted by Gasteiger charge is 2.04. The molecule has 0 aliphatic carbocycles. The lowest BCUT2D eigenvalue weighted by Crippen LogP contribution is -2.29. The highest BCUT2D eigenvalue weighted by molar-refractivity contribution is 5.85. The maximum atomic E-state index is 6.00. The highest BCUT2D eigenvalue weighted by Crippen LogP contribution is 2.12. The normalized spacial score (nSPS) is 13.2. The predicted molar refractivity (Wildman–Crippen MR) is 97.2 cm³/mol. The maximum Gasteiger partial charge on any atom is 0.00534 e. The Morgan fingerprint density at radius 1 is 0.700 bits per heavy atom. The number of hydrogen-bond donors (Lipinski definition) is 2. The van der Waals surface area contributed by atoms with Crippen LogP contribution in [0.15, 0.2) is 0 Å². The van der Waals surface area contributed by atoms with Gasteiger partial charge in [0.1, 0.15) is 0 Å². The topological polar surface area (TPSA) is 52.0 Å². The molecule has 0 aromatic carbocycles. The number of unbranched alkanes of at least 4 members (excludes halogenated alkanes) is 9. The highest BCUT2D eigenvalue weighted by atomic mass is 35.5. The Labute approximate surface area is 139 Å². The van der Waals surface area contributed by atoms with Crippen molar-refractivity contribution in [3.63, 3.8) is 0 Å². The zero-order chi connectivity index (χ0) is 13.6. The lowest BCUT2D eigenvalue weighted by molar-refractivity contribution is 0.480. The van der Waals surface area contributed by atoms with Crippen LogP contribution in [0.5, 0.6) is 0 Å².